The molecule has 0 fully saturated rings. The van der Waals surface area contributed by atoms with Gasteiger partial charge in [0.1, 0.15) is 0 Å². The summed E-state index contributed by atoms with van der Waals surface area (Å²) in [6, 6.07) is 0. The topological polar surface area (TPSA) is 24.4 Å². The van der Waals surface area contributed by atoms with Crippen LogP contribution in [0.15, 0.2) is 4.99 Å². The lowest BCUT2D eigenvalue weighted by atomic mass is 10.1. The molecule has 1 heterocycles. The van der Waals surface area contributed by atoms with E-state index in [0.717, 1.165) is 11.7 Å². The van der Waals surface area contributed by atoms with Crippen LogP contribution in [-0.2, 0) is 0 Å². The number of hydrogen-bond acceptors (Lipinski definition) is 3. The molecule has 0 saturated heterocycles. The highest BCUT2D eigenvalue weighted by Crippen LogP contribution is 2.20. The Hall–Kier alpha value is -0.180. The molecule has 0 aromatic rings. The van der Waals surface area contributed by atoms with Crippen LogP contribution in [0.25, 0.3) is 0 Å². The normalized spacial score (nSPS) is 25.1. The van der Waals surface area contributed by atoms with Gasteiger partial charge in [0.25, 0.3) is 0 Å². The van der Waals surface area contributed by atoms with Crippen molar-refractivity contribution in [1.29, 1.82) is 0 Å². The van der Waals surface area contributed by atoms with Crippen molar-refractivity contribution in [2.75, 3.05) is 6.54 Å². The number of thioether (sulfide) groups is 1. The highest BCUT2D eigenvalue weighted by Gasteiger charge is 2.19. The van der Waals surface area contributed by atoms with Gasteiger partial charge in [-0.15, -0.1) is 0 Å². The van der Waals surface area contributed by atoms with E-state index in [1.807, 2.05) is 11.8 Å². The zero-order chi connectivity index (χ0) is 8.48. The first-order chi connectivity index (χ1) is 4.97. The van der Waals surface area contributed by atoms with Crippen LogP contribution in [0.1, 0.15) is 27.7 Å². The van der Waals surface area contributed by atoms with Crippen LogP contribution >= 0.6 is 11.8 Å². The van der Waals surface area contributed by atoms with Crippen LogP contribution in [-0.4, -0.2) is 22.5 Å². The minimum atomic E-state index is 0.149. The number of aliphatic imine (C=N–C) groups is 1. The maximum Gasteiger partial charge on any atom is 0.157 e. The van der Waals surface area contributed by atoms with E-state index < -0.39 is 0 Å². The SMILES string of the molecule is CC1CN=C(NC(C)(C)C)S1. The Labute approximate surface area is 72.9 Å². The standard InChI is InChI=1S/C8H16N2S/c1-6-5-9-7(11-6)10-8(2,3)4/h6H,5H2,1-4H3,(H,9,10). The molecule has 0 radical (unpaired) electrons. The summed E-state index contributed by atoms with van der Waals surface area (Å²) in [5.74, 6) is 0. The van der Waals surface area contributed by atoms with Crippen molar-refractivity contribution in [3.63, 3.8) is 0 Å². The fourth-order valence-corrected chi connectivity index (χ4v) is 1.91. The lowest BCUT2D eigenvalue weighted by molar-refractivity contribution is 0.515. The summed E-state index contributed by atoms with van der Waals surface area (Å²) in [6.45, 7) is 9.62. The lowest BCUT2D eigenvalue weighted by Crippen LogP contribution is -2.38. The van der Waals surface area contributed by atoms with E-state index in [9.17, 15) is 0 Å². The van der Waals surface area contributed by atoms with Crippen LogP contribution in [0.5, 0.6) is 0 Å². The van der Waals surface area contributed by atoms with Crippen LogP contribution in [0, 0.1) is 0 Å². The van der Waals surface area contributed by atoms with Crippen LogP contribution in [0.3, 0.4) is 0 Å². The largest absolute Gasteiger partial charge is 0.360 e. The minimum absolute atomic E-state index is 0.149. The summed E-state index contributed by atoms with van der Waals surface area (Å²) in [5.41, 5.74) is 0.149. The Morgan fingerprint density at radius 2 is 2.18 bits per heavy atom. The third-order valence-corrected chi connectivity index (χ3v) is 2.29. The first kappa shape index (κ1) is 8.91. The van der Waals surface area contributed by atoms with Gasteiger partial charge in [0.2, 0.25) is 0 Å². The number of amidine groups is 1. The van der Waals surface area contributed by atoms with E-state index in [-0.39, 0.29) is 5.54 Å². The lowest BCUT2D eigenvalue weighted by Gasteiger charge is -2.21. The van der Waals surface area contributed by atoms with Crippen molar-refractivity contribution >= 4 is 16.9 Å². The molecular formula is C8H16N2S. The molecule has 0 saturated carbocycles. The minimum Gasteiger partial charge on any atom is -0.360 e. The average Bonchev–Trinajstić information content (AvgIpc) is 2.10. The molecule has 1 N–H and O–H groups in total. The van der Waals surface area contributed by atoms with Gasteiger partial charge in [-0.3, -0.25) is 4.99 Å². The molecule has 1 rings (SSSR count). The highest BCUT2D eigenvalue weighted by atomic mass is 32.2. The van der Waals surface area contributed by atoms with Crippen LogP contribution in [0.2, 0.25) is 0 Å². The Bertz CT molecular complexity index is 169. The van der Waals surface area contributed by atoms with Gasteiger partial charge in [-0.2, -0.15) is 0 Å². The van der Waals surface area contributed by atoms with Crippen LogP contribution in [0.4, 0.5) is 0 Å². The molecular weight excluding hydrogens is 156 g/mol. The molecule has 11 heavy (non-hydrogen) atoms. The van der Waals surface area contributed by atoms with Crippen molar-refractivity contribution in [2.45, 2.75) is 38.5 Å². The molecule has 1 aliphatic heterocycles. The molecule has 0 amide bonds. The Kier molecular flexibility index (Phi) is 2.47. The summed E-state index contributed by atoms with van der Waals surface area (Å²) in [7, 11) is 0. The molecule has 0 aromatic heterocycles. The zero-order valence-corrected chi connectivity index (χ0v) is 8.46. The monoisotopic (exact) mass is 172 g/mol. The summed E-state index contributed by atoms with van der Waals surface area (Å²) < 4.78 is 0. The molecule has 1 aliphatic rings. The van der Waals surface area contributed by atoms with Gasteiger partial charge in [-0.05, 0) is 20.8 Å². The Morgan fingerprint density at radius 3 is 2.55 bits per heavy atom. The van der Waals surface area contributed by atoms with Gasteiger partial charge in [-0.1, -0.05) is 18.7 Å². The third-order valence-electron chi connectivity index (χ3n) is 1.29. The summed E-state index contributed by atoms with van der Waals surface area (Å²) in [6.07, 6.45) is 0. The van der Waals surface area contributed by atoms with E-state index in [1.165, 1.54) is 0 Å². The van der Waals surface area contributed by atoms with Gasteiger partial charge in [0.15, 0.2) is 5.17 Å². The second-order valence-corrected chi connectivity index (χ2v) is 5.38. The van der Waals surface area contributed by atoms with Crippen LogP contribution < -0.4 is 5.32 Å². The Morgan fingerprint density at radius 1 is 1.55 bits per heavy atom. The molecule has 1 atom stereocenters. The first-order valence-corrected chi connectivity index (χ1v) is 4.84. The second-order valence-electron chi connectivity index (χ2n) is 3.95. The van der Waals surface area contributed by atoms with Crippen molar-refractivity contribution in [3.8, 4) is 0 Å². The first-order valence-electron chi connectivity index (χ1n) is 3.97. The molecule has 64 valence electrons. The predicted octanol–water partition coefficient (Wildman–Crippen LogP) is 1.87. The van der Waals surface area contributed by atoms with Gasteiger partial charge in [0, 0.05) is 10.8 Å². The van der Waals surface area contributed by atoms with Gasteiger partial charge in [-0.25, -0.2) is 0 Å². The van der Waals surface area contributed by atoms with Gasteiger partial charge >= 0.3 is 0 Å². The molecule has 3 heteroatoms. The zero-order valence-electron chi connectivity index (χ0n) is 7.64. The predicted molar refractivity (Wildman–Crippen MR) is 52.2 cm³/mol. The summed E-state index contributed by atoms with van der Waals surface area (Å²) in [4.78, 5) is 4.37. The molecule has 0 bridgehead atoms. The van der Waals surface area contributed by atoms with Gasteiger partial charge < -0.3 is 5.32 Å². The van der Waals surface area contributed by atoms with Crippen molar-refractivity contribution in [2.24, 2.45) is 4.99 Å². The summed E-state index contributed by atoms with van der Waals surface area (Å²) in [5, 5.41) is 5.12. The van der Waals surface area contributed by atoms with E-state index in [1.54, 1.807) is 0 Å². The van der Waals surface area contributed by atoms with E-state index in [4.69, 9.17) is 0 Å². The molecule has 0 aliphatic carbocycles. The fourth-order valence-electron chi connectivity index (χ4n) is 0.866. The van der Waals surface area contributed by atoms with Crippen molar-refractivity contribution in [3.05, 3.63) is 0 Å². The third kappa shape index (κ3) is 3.14. The van der Waals surface area contributed by atoms with Crippen molar-refractivity contribution < 1.29 is 0 Å². The molecule has 2 nitrogen and oxygen atoms in total. The number of nitrogens with zero attached hydrogens (tertiary/aromatic N) is 1. The molecule has 0 spiro atoms. The van der Waals surface area contributed by atoms with E-state index in [2.05, 4.69) is 38.0 Å². The summed E-state index contributed by atoms with van der Waals surface area (Å²) >= 11 is 1.83. The van der Waals surface area contributed by atoms with E-state index >= 15 is 0 Å². The van der Waals surface area contributed by atoms with Gasteiger partial charge in [0.05, 0.1) is 6.54 Å². The Balaban J connectivity index is 2.40. The maximum absolute atomic E-state index is 4.37. The number of nitrogens with one attached hydrogen (secondary N) is 1. The number of hydrogen-bond donors (Lipinski definition) is 1. The average molecular weight is 172 g/mol. The highest BCUT2D eigenvalue weighted by molar-refractivity contribution is 8.14. The smallest absolute Gasteiger partial charge is 0.157 e. The molecule has 1 unspecified atom stereocenters. The fraction of sp³-hybridized carbons (Fsp3) is 0.875. The number of rotatable bonds is 0. The van der Waals surface area contributed by atoms with Crippen molar-refractivity contribution in [1.82, 2.24) is 5.32 Å². The quantitative estimate of drug-likeness (QED) is 0.603. The van der Waals surface area contributed by atoms with E-state index in [0.29, 0.717) is 5.25 Å². The maximum atomic E-state index is 4.37. The second kappa shape index (κ2) is 3.05. The molecule has 0 aromatic carbocycles.